The molecule has 0 unspecified atom stereocenters. The molecular weight excluding hydrogens is 304 g/mol. The summed E-state index contributed by atoms with van der Waals surface area (Å²) in [5.41, 5.74) is 3.04. The van der Waals surface area contributed by atoms with E-state index in [1.54, 1.807) is 4.90 Å². The Kier molecular flexibility index (Phi) is 4.55. The second-order valence-corrected chi connectivity index (χ2v) is 6.64. The summed E-state index contributed by atoms with van der Waals surface area (Å²) in [5.74, 6) is 1.10. The number of aryl methyl sites for hydroxylation is 1. The molecule has 1 aliphatic heterocycles. The van der Waals surface area contributed by atoms with Crippen molar-refractivity contribution in [3.8, 4) is 0 Å². The molecule has 6 heteroatoms. The highest BCUT2D eigenvalue weighted by molar-refractivity contribution is 5.82. The van der Waals surface area contributed by atoms with E-state index in [0.29, 0.717) is 38.6 Å². The lowest BCUT2D eigenvalue weighted by atomic mass is 10.1. The third-order valence-electron chi connectivity index (χ3n) is 4.62. The molecule has 128 valence electrons. The Morgan fingerprint density at radius 3 is 2.58 bits per heavy atom. The molecule has 0 saturated carbocycles. The molecule has 0 atom stereocenters. The van der Waals surface area contributed by atoms with Crippen molar-refractivity contribution >= 4 is 23.4 Å². The van der Waals surface area contributed by atoms with E-state index in [4.69, 9.17) is 0 Å². The van der Waals surface area contributed by atoms with E-state index in [2.05, 4.69) is 29.5 Å². The summed E-state index contributed by atoms with van der Waals surface area (Å²) in [6.45, 7) is 8.76. The van der Waals surface area contributed by atoms with E-state index in [1.165, 1.54) is 0 Å². The molecule has 0 N–H and O–H groups in total. The van der Waals surface area contributed by atoms with Gasteiger partial charge in [0.15, 0.2) is 0 Å². The van der Waals surface area contributed by atoms with Gasteiger partial charge in [-0.3, -0.25) is 9.59 Å². The predicted molar refractivity (Wildman–Crippen MR) is 92.8 cm³/mol. The van der Waals surface area contributed by atoms with Gasteiger partial charge >= 0.3 is 0 Å². The van der Waals surface area contributed by atoms with Crippen molar-refractivity contribution in [2.45, 2.75) is 33.2 Å². The quantitative estimate of drug-likeness (QED) is 0.804. The molecule has 6 nitrogen and oxygen atoms in total. The van der Waals surface area contributed by atoms with Crippen LogP contribution in [-0.4, -0.2) is 57.8 Å². The SMILES string of the molecule is Cc1nc2cc(CC(=O)N3CCN(C=O)CC3)ccc2n1C(C)C. The van der Waals surface area contributed by atoms with Gasteiger partial charge in [-0.15, -0.1) is 0 Å². The largest absolute Gasteiger partial charge is 0.342 e. The minimum absolute atomic E-state index is 0.111. The second kappa shape index (κ2) is 6.63. The van der Waals surface area contributed by atoms with Crippen LogP contribution in [0.1, 0.15) is 31.3 Å². The van der Waals surface area contributed by atoms with Crippen molar-refractivity contribution in [1.29, 1.82) is 0 Å². The highest BCUT2D eigenvalue weighted by atomic mass is 16.2. The maximum atomic E-state index is 12.5. The van der Waals surface area contributed by atoms with Gasteiger partial charge in [-0.2, -0.15) is 0 Å². The highest BCUT2D eigenvalue weighted by Gasteiger charge is 2.20. The molecule has 3 rings (SSSR count). The number of hydrogen-bond acceptors (Lipinski definition) is 3. The zero-order valence-corrected chi connectivity index (χ0v) is 14.5. The van der Waals surface area contributed by atoms with Crippen LogP contribution in [0.3, 0.4) is 0 Å². The monoisotopic (exact) mass is 328 g/mol. The molecule has 0 bridgehead atoms. The average molecular weight is 328 g/mol. The summed E-state index contributed by atoms with van der Waals surface area (Å²) in [6, 6.07) is 6.45. The number of aromatic nitrogens is 2. The summed E-state index contributed by atoms with van der Waals surface area (Å²) >= 11 is 0. The van der Waals surface area contributed by atoms with E-state index in [0.717, 1.165) is 28.8 Å². The molecule has 24 heavy (non-hydrogen) atoms. The summed E-state index contributed by atoms with van der Waals surface area (Å²) in [4.78, 5) is 31.4. The first-order chi connectivity index (χ1) is 11.5. The van der Waals surface area contributed by atoms with Crippen molar-refractivity contribution in [1.82, 2.24) is 19.4 Å². The summed E-state index contributed by atoms with van der Waals surface area (Å²) in [7, 11) is 0. The Balaban J connectivity index is 1.74. The summed E-state index contributed by atoms with van der Waals surface area (Å²) < 4.78 is 2.21. The molecule has 0 aliphatic carbocycles. The number of benzene rings is 1. The molecule has 2 amide bonds. The van der Waals surface area contributed by atoms with Gasteiger partial charge in [0.2, 0.25) is 12.3 Å². The van der Waals surface area contributed by atoms with Crippen molar-refractivity contribution < 1.29 is 9.59 Å². The Morgan fingerprint density at radius 1 is 1.25 bits per heavy atom. The standard InChI is InChI=1S/C18H24N4O2/c1-13(2)22-14(3)19-16-10-15(4-5-17(16)22)11-18(24)21-8-6-20(12-23)7-9-21/h4-5,10,12-13H,6-9,11H2,1-3H3. The molecule has 2 aromatic rings. The third-order valence-corrected chi connectivity index (χ3v) is 4.62. The number of piperazine rings is 1. The predicted octanol–water partition coefficient (Wildman–Crippen LogP) is 1.77. The minimum Gasteiger partial charge on any atom is -0.342 e. The molecule has 0 radical (unpaired) electrons. The zero-order chi connectivity index (χ0) is 17.3. The van der Waals surface area contributed by atoms with Crippen molar-refractivity contribution in [3.63, 3.8) is 0 Å². The lowest BCUT2D eigenvalue weighted by Gasteiger charge is -2.32. The van der Waals surface area contributed by atoms with E-state index < -0.39 is 0 Å². The van der Waals surface area contributed by atoms with Crippen LogP contribution in [0.5, 0.6) is 0 Å². The van der Waals surface area contributed by atoms with E-state index >= 15 is 0 Å². The molecular formula is C18H24N4O2. The number of amides is 2. The lowest BCUT2D eigenvalue weighted by Crippen LogP contribution is -2.48. The number of carbonyl (C=O) groups is 2. The van der Waals surface area contributed by atoms with Gasteiger partial charge < -0.3 is 14.4 Å². The van der Waals surface area contributed by atoms with Gasteiger partial charge in [-0.1, -0.05) is 6.07 Å². The van der Waals surface area contributed by atoms with Gasteiger partial charge in [0.05, 0.1) is 17.5 Å². The van der Waals surface area contributed by atoms with Crippen molar-refractivity contribution in [3.05, 3.63) is 29.6 Å². The van der Waals surface area contributed by atoms with Crippen molar-refractivity contribution in [2.75, 3.05) is 26.2 Å². The summed E-state index contributed by atoms with van der Waals surface area (Å²) in [5, 5.41) is 0. The van der Waals surface area contributed by atoms with Gasteiger partial charge in [-0.25, -0.2) is 4.98 Å². The van der Waals surface area contributed by atoms with Crippen LogP contribution >= 0.6 is 0 Å². The molecule has 1 aromatic carbocycles. The maximum Gasteiger partial charge on any atom is 0.227 e. The number of carbonyl (C=O) groups excluding carboxylic acids is 2. The highest BCUT2D eigenvalue weighted by Crippen LogP contribution is 2.22. The Bertz CT molecular complexity index is 758. The fraction of sp³-hybridized carbons (Fsp3) is 0.500. The van der Waals surface area contributed by atoms with Crippen molar-refractivity contribution in [2.24, 2.45) is 0 Å². The first-order valence-corrected chi connectivity index (χ1v) is 8.44. The molecule has 1 fully saturated rings. The third kappa shape index (κ3) is 3.13. The molecule has 1 aromatic heterocycles. The fourth-order valence-corrected chi connectivity index (χ4v) is 3.39. The van der Waals surface area contributed by atoms with E-state index in [-0.39, 0.29) is 5.91 Å². The second-order valence-electron chi connectivity index (χ2n) is 6.64. The van der Waals surface area contributed by atoms with Gasteiger partial charge in [-0.05, 0) is 38.5 Å². The zero-order valence-electron chi connectivity index (χ0n) is 14.5. The van der Waals surface area contributed by atoms with Gasteiger partial charge in [0.1, 0.15) is 5.82 Å². The van der Waals surface area contributed by atoms with Crippen LogP contribution in [-0.2, 0) is 16.0 Å². The first-order valence-electron chi connectivity index (χ1n) is 8.44. The molecule has 2 heterocycles. The Hall–Kier alpha value is -2.37. The average Bonchev–Trinajstić information content (AvgIpc) is 2.90. The minimum atomic E-state index is 0.111. The molecule has 1 saturated heterocycles. The number of hydrogen-bond donors (Lipinski definition) is 0. The number of nitrogens with zero attached hydrogens (tertiary/aromatic N) is 4. The van der Waals surface area contributed by atoms with Crippen LogP contribution in [0, 0.1) is 6.92 Å². The topological polar surface area (TPSA) is 58.4 Å². The molecule has 0 spiro atoms. The summed E-state index contributed by atoms with van der Waals surface area (Å²) in [6.07, 6.45) is 1.23. The normalized spacial score (nSPS) is 15.3. The van der Waals surface area contributed by atoms with Crippen LogP contribution in [0.4, 0.5) is 0 Å². The van der Waals surface area contributed by atoms with Crippen LogP contribution in [0.2, 0.25) is 0 Å². The Labute approximate surface area is 142 Å². The van der Waals surface area contributed by atoms with Gasteiger partial charge in [0, 0.05) is 32.2 Å². The Morgan fingerprint density at radius 2 is 1.96 bits per heavy atom. The van der Waals surface area contributed by atoms with Crippen LogP contribution in [0.25, 0.3) is 11.0 Å². The van der Waals surface area contributed by atoms with Crippen LogP contribution in [0.15, 0.2) is 18.2 Å². The number of rotatable bonds is 4. The smallest absolute Gasteiger partial charge is 0.227 e. The first kappa shape index (κ1) is 16.5. The lowest BCUT2D eigenvalue weighted by molar-refractivity contribution is -0.134. The number of imidazole rings is 1. The van der Waals surface area contributed by atoms with Gasteiger partial charge in [0.25, 0.3) is 0 Å². The number of fused-ring (bicyclic) bond motifs is 1. The van der Waals surface area contributed by atoms with E-state index in [9.17, 15) is 9.59 Å². The fourth-order valence-electron chi connectivity index (χ4n) is 3.39. The van der Waals surface area contributed by atoms with E-state index in [1.807, 2.05) is 24.0 Å². The van der Waals surface area contributed by atoms with Crippen LogP contribution < -0.4 is 0 Å². The molecule has 1 aliphatic rings. The maximum absolute atomic E-state index is 12.5.